The van der Waals surface area contributed by atoms with Crippen LogP contribution >= 0.6 is 11.6 Å². The van der Waals surface area contributed by atoms with Gasteiger partial charge in [-0.1, -0.05) is 24.3 Å². The average Bonchev–Trinajstić information content (AvgIpc) is 3.16. The molecule has 1 aliphatic rings. The van der Waals surface area contributed by atoms with Crippen molar-refractivity contribution >= 4 is 28.4 Å². The van der Waals surface area contributed by atoms with Crippen molar-refractivity contribution in [3.8, 4) is 0 Å². The highest BCUT2D eigenvalue weighted by molar-refractivity contribution is 6.35. The topological polar surface area (TPSA) is 44.0 Å². The predicted octanol–water partition coefficient (Wildman–Crippen LogP) is 5.03. The van der Waals surface area contributed by atoms with E-state index in [0.29, 0.717) is 21.8 Å². The van der Waals surface area contributed by atoms with Gasteiger partial charge in [0.2, 0.25) is 0 Å². The predicted molar refractivity (Wildman–Crippen MR) is 101 cm³/mol. The first kappa shape index (κ1) is 17.0. The Kier molecular flexibility index (Phi) is 4.76. The van der Waals surface area contributed by atoms with E-state index in [-0.39, 0.29) is 5.82 Å². The first-order valence-electron chi connectivity index (χ1n) is 7.74. The molecule has 0 fully saturated rings. The van der Waals surface area contributed by atoms with Crippen molar-refractivity contribution in [3.63, 3.8) is 0 Å². The molecule has 0 unspecified atom stereocenters. The van der Waals surface area contributed by atoms with E-state index in [2.05, 4.69) is 21.9 Å². The van der Waals surface area contributed by atoms with E-state index >= 15 is 0 Å². The monoisotopic (exact) mass is 356 g/mol. The number of imidazole rings is 1. The Morgan fingerprint density at radius 1 is 1.40 bits per heavy atom. The van der Waals surface area contributed by atoms with Crippen LogP contribution in [-0.4, -0.2) is 21.9 Å². The SMILES string of the molecule is C=CN1C=C(c2c(F)ccc(NC)c2Cl)C=C/C1=C(/C)c1ncc[nH]1. The Morgan fingerprint density at radius 2 is 2.20 bits per heavy atom. The zero-order valence-electron chi connectivity index (χ0n) is 14.0. The molecule has 0 saturated heterocycles. The Bertz CT molecular complexity index is 894. The van der Waals surface area contributed by atoms with Gasteiger partial charge in [-0.05, 0) is 25.1 Å². The lowest BCUT2D eigenvalue weighted by atomic mass is 10.0. The summed E-state index contributed by atoms with van der Waals surface area (Å²) in [5.41, 5.74) is 3.54. The number of aromatic amines is 1. The molecule has 1 aliphatic heterocycles. The Balaban J connectivity index is 2.07. The average molecular weight is 357 g/mol. The second-order valence-corrected chi connectivity index (χ2v) is 5.87. The molecular weight excluding hydrogens is 339 g/mol. The van der Waals surface area contributed by atoms with Crippen LogP contribution in [0.4, 0.5) is 10.1 Å². The molecule has 0 spiro atoms. The van der Waals surface area contributed by atoms with E-state index in [0.717, 1.165) is 17.1 Å². The third-order valence-corrected chi connectivity index (χ3v) is 4.45. The summed E-state index contributed by atoms with van der Waals surface area (Å²) in [5, 5.41) is 3.31. The minimum Gasteiger partial charge on any atom is -0.387 e. The molecule has 128 valence electrons. The number of nitrogens with one attached hydrogen (secondary N) is 2. The third kappa shape index (κ3) is 3.10. The fourth-order valence-electron chi connectivity index (χ4n) is 2.74. The molecule has 1 aromatic heterocycles. The number of anilines is 1. The summed E-state index contributed by atoms with van der Waals surface area (Å²) in [4.78, 5) is 9.18. The highest BCUT2D eigenvalue weighted by Gasteiger charge is 2.19. The van der Waals surface area contributed by atoms with Crippen LogP contribution in [0.25, 0.3) is 11.1 Å². The van der Waals surface area contributed by atoms with E-state index < -0.39 is 0 Å². The summed E-state index contributed by atoms with van der Waals surface area (Å²) >= 11 is 6.37. The zero-order valence-corrected chi connectivity index (χ0v) is 14.7. The quantitative estimate of drug-likeness (QED) is 0.807. The van der Waals surface area contributed by atoms with Crippen molar-refractivity contribution in [1.29, 1.82) is 0 Å². The van der Waals surface area contributed by atoms with E-state index in [1.165, 1.54) is 6.07 Å². The molecule has 2 heterocycles. The lowest BCUT2D eigenvalue weighted by molar-refractivity contribution is 0.621. The van der Waals surface area contributed by atoms with Crippen molar-refractivity contribution in [2.75, 3.05) is 12.4 Å². The minimum absolute atomic E-state index is 0.345. The molecule has 6 heteroatoms. The van der Waals surface area contributed by atoms with Gasteiger partial charge in [-0.15, -0.1) is 0 Å². The Hall–Kier alpha value is -2.79. The number of hydrogen-bond donors (Lipinski definition) is 2. The summed E-state index contributed by atoms with van der Waals surface area (Å²) in [7, 11) is 1.75. The van der Waals surface area contributed by atoms with Crippen LogP contribution in [0, 0.1) is 5.82 Å². The molecule has 2 aromatic rings. The maximum absolute atomic E-state index is 14.4. The molecule has 0 saturated carbocycles. The van der Waals surface area contributed by atoms with Crippen LogP contribution in [0.1, 0.15) is 18.3 Å². The largest absolute Gasteiger partial charge is 0.387 e. The van der Waals surface area contributed by atoms with Gasteiger partial charge >= 0.3 is 0 Å². The summed E-state index contributed by atoms with van der Waals surface area (Å²) in [5.74, 6) is 0.392. The van der Waals surface area contributed by atoms with Crippen LogP contribution in [0.2, 0.25) is 5.02 Å². The van der Waals surface area contributed by atoms with Crippen molar-refractivity contribution < 1.29 is 4.39 Å². The minimum atomic E-state index is -0.376. The van der Waals surface area contributed by atoms with Gasteiger partial charge in [-0.2, -0.15) is 0 Å². The van der Waals surface area contributed by atoms with Crippen molar-refractivity contribution in [3.05, 3.63) is 83.6 Å². The van der Waals surface area contributed by atoms with Gasteiger partial charge in [0.05, 0.1) is 16.4 Å². The molecular formula is C19H18ClFN4. The van der Waals surface area contributed by atoms with Crippen LogP contribution < -0.4 is 5.32 Å². The van der Waals surface area contributed by atoms with Crippen molar-refractivity contribution in [1.82, 2.24) is 14.9 Å². The molecule has 2 N–H and O–H groups in total. The molecule has 25 heavy (non-hydrogen) atoms. The number of halogens is 2. The van der Waals surface area contributed by atoms with Crippen LogP contribution in [-0.2, 0) is 0 Å². The van der Waals surface area contributed by atoms with Gasteiger partial charge in [-0.25, -0.2) is 9.37 Å². The van der Waals surface area contributed by atoms with Gasteiger partial charge < -0.3 is 15.2 Å². The number of benzene rings is 1. The summed E-state index contributed by atoms with van der Waals surface area (Å²) in [6.45, 7) is 5.81. The summed E-state index contributed by atoms with van der Waals surface area (Å²) in [6, 6.07) is 3.02. The lowest BCUT2D eigenvalue weighted by Crippen LogP contribution is -2.13. The molecule has 0 amide bonds. The number of aromatic nitrogens is 2. The number of nitrogens with zero attached hydrogens (tertiary/aromatic N) is 2. The summed E-state index contributed by atoms with van der Waals surface area (Å²) in [6.07, 6.45) is 10.7. The van der Waals surface area contributed by atoms with E-state index in [4.69, 9.17) is 11.6 Å². The number of hydrogen-bond acceptors (Lipinski definition) is 3. The fourth-order valence-corrected chi connectivity index (χ4v) is 3.09. The smallest absolute Gasteiger partial charge is 0.134 e. The van der Waals surface area contributed by atoms with Crippen LogP contribution in [0.3, 0.4) is 0 Å². The first-order valence-corrected chi connectivity index (χ1v) is 8.12. The second kappa shape index (κ2) is 6.99. The normalized spacial score (nSPS) is 15.8. The first-order chi connectivity index (χ1) is 12.1. The number of rotatable bonds is 4. The molecule has 1 aromatic carbocycles. The van der Waals surface area contributed by atoms with Gasteiger partial charge in [0.15, 0.2) is 0 Å². The van der Waals surface area contributed by atoms with Gasteiger partial charge in [0, 0.05) is 48.6 Å². The molecule has 0 atom stereocenters. The third-order valence-electron chi connectivity index (χ3n) is 4.06. The van der Waals surface area contributed by atoms with Crippen LogP contribution in [0.15, 0.2) is 61.4 Å². The highest BCUT2D eigenvalue weighted by atomic mass is 35.5. The molecule has 0 aliphatic carbocycles. The fraction of sp³-hybridized carbons (Fsp3) is 0.105. The van der Waals surface area contributed by atoms with Gasteiger partial charge in [-0.3, -0.25) is 0 Å². The van der Waals surface area contributed by atoms with Gasteiger partial charge in [0.25, 0.3) is 0 Å². The van der Waals surface area contributed by atoms with Gasteiger partial charge in [0.1, 0.15) is 11.6 Å². The van der Waals surface area contributed by atoms with Crippen molar-refractivity contribution in [2.24, 2.45) is 0 Å². The molecule has 0 bridgehead atoms. The standard InChI is InChI=1S/C19H18ClFN4/c1-4-25-11-13(17-14(21)6-7-15(22-3)18(17)20)5-8-16(25)12(2)19-23-9-10-24-19/h4-11,22H,1H2,2-3H3,(H,23,24)/b16-12+. The van der Waals surface area contributed by atoms with E-state index in [1.807, 2.05) is 24.0 Å². The highest BCUT2D eigenvalue weighted by Crippen LogP contribution is 2.36. The molecule has 4 nitrogen and oxygen atoms in total. The lowest BCUT2D eigenvalue weighted by Gasteiger charge is -2.24. The number of H-pyrrole nitrogens is 1. The Labute approximate surface area is 151 Å². The Morgan fingerprint density at radius 3 is 2.84 bits per heavy atom. The second-order valence-electron chi connectivity index (χ2n) is 5.49. The number of allylic oxidation sites excluding steroid dienone is 4. The molecule has 0 radical (unpaired) electrons. The maximum atomic E-state index is 14.4. The molecule has 3 rings (SSSR count). The van der Waals surface area contributed by atoms with Crippen LogP contribution in [0.5, 0.6) is 0 Å². The maximum Gasteiger partial charge on any atom is 0.134 e. The summed E-state index contributed by atoms with van der Waals surface area (Å²) < 4.78 is 14.4. The zero-order chi connectivity index (χ0) is 18.0. The van der Waals surface area contributed by atoms with Crippen molar-refractivity contribution in [2.45, 2.75) is 6.92 Å². The van der Waals surface area contributed by atoms with E-state index in [9.17, 15) is 4.39 Å². The van der Waals surface area contributed by atoms with E-state index in [1.54, 1.807) is 37.9 Å².